The van der Waals surface area contributed by atoms with Crippen LogP contribution in [0.1, 0.15) is 94.6 Å². The van der Waals surface area contributed by atoms with Crippen LogP contribution in [0, 0.1) is 5.92 Å². The molecule has 3 heteroatoms. The van der Waals surface area contributed by atoms with E-state index in [1.807, 2.05) is 38.1 Å². The van der Waals surface area contributed by atoms with Gasteiger partial charge in [0.1, 0.15) is 0 Å². The van der Waals surface area contributed by atoms with Crippen LogP contribution in [0.25, 0.3) is 5.57 Å². The van der Waals surface area contributed by atoms with Gasteiger partial charge in [0, 0.05) is 12.5 Å². The number of benzene rings is 2. The number of aliphatic hydroxyl groups excluding tert-OH is 2. The summed E-state index contributed by atoms with van der Waals surface area (Å²) in [6.45, 7) is 8.33. The molecular weight excluding hydrogens is 432 g/mol. The fraction of sp³-hybridized carbons (Fsp3) is 0.500. The van der Waals surface area contributed by atoms with Gasteiger partial charge in [0.05, 0.1) is 11.7 Å². The highest BCUT2D eigenvalue weighted by Gasteiger charge is 2.19. The Balaban J connectivity index is 2.04. The summed E-state index contributed by atoms with van der Waals surface area (Å²) < 4.78 is 0. The lowest BCUT2D eigenvalue weighted by molar-refractivity contribution is 0.0606. The van der Waals surface area contributed by atoms with E-state index in [0.29, 0.717) is 12.8 Å². The minimum Gasteiger partial charge on any atom is -0.396 e. The molecule has 3 N–H and O–H groups in total. The zero-order chi connectivity index (χ0) is 25.7. The van der Waals surface area contributed by atoms with Crippen LogP contribution in [0.5, 0.6) is 0 Å². The van der Waals surface area contributed by atoms with Crippen molar-refractivity contribution >= 4 is 5.57 Å². The highest BCUT2D eigenvalue weighted by molar-refractivity contribution is 5.67. The van der Waals surface area contributed by atoms with E-state index in [4.69, 9.17) is 0 Å². The molecule has 0 saturated carbocycles. The van der Waals surface area contributed by atoms with Crippen molar-refractivity contribution in [2.45, 2.75) is 90.8 Å². The lowest BCUT2D eigenvalue weighted by Crippen LogP contribution is -2.22. The zero-order valence-electron chi connectivity index (χ0n) is 22.2. The molecule has 0 saturated heterocycles. The Labute approximate surface area is 213 Å². The average molecular weight is 479 g/mol. The molecule has 0 heterocycles. The molecule has 2 aromatic rings. The second kappa shape index (κ2) is 15.0. The zero-order valence-corrected chi connectivity index (χ0v) is 22.2. The first-order chi connectivity index (χ1) is 16.9. The Hall–Kier alpha value is -2.20. The number of hydrogen-bond donors (Lipinski definition) is 3. The molecule has 3 nitrogen and oxygen atoms in total. The first-order valence-corrected chi connectivity index (χ1v) is 13.5. The number of allylic oxidation sites excluding steroid dienone is 3. The molecule has 0 radical (unpaired) electrons. The smallest absolute Gasteiger partial charge is 0.0840 e. The molecule has 0 bridgehead atoms. The van der Waals surface area contributed by atoms with Gasteiger partial charge in [-0.25, -0.2) is 0 Å². The molecular formula is C32H46O3. The van der Waals surface area contributed by atoms with Gasteiger partial charge in [0.15, 0.2) is 0 Å². The highest BCUT2D eigenvalue weighted by atomic mass is 16.3. The summed E-state index contributed by atoms with van der Waals surface area (Å²) in [6, 6.07) is 16.9. The predicted molar refractivity (Wildman–Crippen MR) is 148 cm³/mol. The van der Waals surface area contributed by atoms with Crippen LogP contribution in [0.3, 0.4) is 0 Å². The van der Waals surface area contributed by atoms with Crippen LogP contribution >= 0.6 is 0 Å². The van der Waals surface area contributed by atoms with Gasteiger partial charge in [0.2, 0.25) is 0 Å². The summed E-state index contributed by atoms with van der Waals surface area (Å²) in [5.74, 6) is -0.100. The molecule has 2 aromatic carbocycles. The number of rotatable bonds is 15. The summed E-state index contributed by atoms with van der Waals surface area (Å²) in [7, 11) is 0. The molecule has 0 aromatic heterocycles. The van der Waals surface area contributed by atoms with Gasteiger partial charge in [-0.2, -0.15) is 0 Å². The van der Waals surface area contributed by atoms with E-state index in [0.717, 1.165) is 44.1 Å². The Morgan fingerprint density at radius 3 is 2.23 bits per heavy atom. The summed E-state index contributed by atoms with van der Waals surface area (Å²) in [6.07, 6.45) is 12.6. The Morgan fingerprint density at radius 1 is 0.943 bits per heavy atom. The van der Waals surface area contributed by atoms with Crippen molar-refractivity contribution in [2.24, 2.45) is 5.92 Å². The molecule has 0 aliphatic rings. The highest BCUT2D eigenvalue weighted by Crippen LogP contribution is 2.27. The van der Waals surface area contributed by atoms with Crippen molar-refractivity contribution in [3.05, 3.63) is 89.0 Å². The number of aryl methyl sites for hydroxylation is 2. The summed E-state index contributed by atoms with van der Waals surface area (Å²) >= 11 is 0. The Bertz CT molecular complexity index is 922. The van der Waals surface area contributed by atoms with Crippen molar-refractivity contribution in [2.75, 3.05) is 6.61 Å². The van der Waals surface area contributed by atoms with Crippen LogP contribution in [0.4, 0.5) is 0 Å². The van der Waals surface area contributed by atoms with Gasteiger partial charge < -0.3 is 15.3 Å². The van der Waals surface area contributed by atoms with Crippen molar-refractivity contribution in [1.82, 2.24) is 0 Å². The maximum atomic E-state index is 10.7. The molecule has 0 spiro atoms. The van der Waals surface area contributed by atoms with Crippen molar-refractivity contribution in [3.8, 4) is 0 Å². The quantitative estimate of drug-likeness (QED) is 0.237. The summed E-state index contributed by atoms with van der Waals surface area (Å²) in [5, 5.41) is 30.8. The lowest BCUT2D eigenvalue weighted by Gasteiger charge is -2.21. The minimum atomic E-state index is -0.725. The average Bonchev–Trinajstić information content (AvgIpc) is 2.90. The van der Waals surface area contributed by atoms with E-state index in [1.165, 1.54) is 22.3 Å². The summed E-state index contributed by atoms with van der Waals surface area (Å²) in [5.41, 5.74) is 5.19. The molecule has 2 atom stereocenters. The van der Waals surface area contributed by atoms with Gasteiger partial charge in [-0.3, -0.25) is 0 Å². The van der Waals surface area contributed by atoms with Gasteiger partial charge in [-0.05, 0) is 66.4 Å². The third-order valence-corrected chi connectivity index (χ3v) is 7.24. The van der Waals surface area contributed by atoms with Crippen LogP contribution in [0.15, 0.2) is 66.8 Å². The molecule has 0 aliphatic carbocycles. The molecule has 0 aliphatic heterocycles. The second-order valence-electron chi connectivity index (χ2n) is 9.69. The molecule has 2 unspecified atom stereocenters. The second-order valence-corrected chi connectivity index (χ2v) is 9.69. The standard InChI is InChI=1S/C32H46O3/c1-5-9-13-30(24-33)31(34)28-20-18-25(19-21-28)16-17-26-12-10-14-29(23-26)27(6-2)15-11-22-32(35,7-3)8-4/h10-12,14-15,18-23,30-31,33-35H,5-9,13,16-17,24H2,1-4H3/b22-11+,27-15+. The van der Waals surface area contributed by atoms with E-state index in [-0.39, 0.29) is 12.5 Å². The van der Waals surface area contributed by atoms with E-state index >= 15 is 0 Å². The van der Waals surface area contributed by atoms with Gasteiger partial charge >= 0.3 is 0 Å². The monoisotopic (exact) mass is 478 g/mol. The molecule has 192 valence electrons. The van der Waals surface area contributed by atoms with E-state index < -0.39 is 11.7 Å². The Kier molecular flexibility index (Phi) is 12.5. The van der Waals surface area contributed by atoms with E-state index in [2.05, 4.69) is 56.3 Å². The number of hydrogen-bond acceptors (Lipinski definition) is 3. The fourth-order valence-corrected chi connectivity index (χ4v) is 4.43. The Morgan fingerprint density at radius 2 is 1.63 bits per heavy atom. The van der Waals surface area contributed by atoms with Crippen LogP contribution in [0.2, 0.25) is 0 Å². The van der Waals surface area contributed by atoms with Gasteiger partial charge in [-0.15, -0.1) is 0 Å². The molecule has 0 amide bonds. The molecule has 35 heavy (non-hydrogen) atoms. The minimum absolute atomic E-state index is 0.0152. The SMILES string of the molecule is CCCCC(CO)C(O)c1ccc(CCc2cccc(/C(=C/C=C/C(O)(CC)CC)CC)c2)cc1. The predicted octanol–water partition coefficient (Wildman–Crippen LogP) is 7.20. The first-order valence-electron chi connectivity index (χ1n) is 13.5. The van der Waals surface area contributed by atoms with E-state index in [1.54, 1.807) is 0 Å². The lowest BCUT2D eigenvalue weighted by atomic mass is 9.91. The maximum absolute atomic E-state index is 10.7. The first kappa shape index (κ1) is 29.0. The van der Waals surface area contributed by atoms with Gasteiger partial charge in [0.25, 0.3) is 0 Å². The largest absolute Gasteiger partial charge is 0.396 e. The summed E-state index contributed by atoms with van der Waals surface area (Å²) in [4.78, 5) is 0. The van der Waals surface area contributed by atoms with Crippen molar-refractivity contribution < 1.29 is 15.3 Å². The third kappa shape index (κ3) is 9.07. The number of aliphatic hydroxyl groups is 3. The fourth-order valence-electron chi connectivity index (χ4n) is 4.43. The third-order valence-electron chi connectivity index (χ3n) is 7.24. The topological polar surface area (TPSA) is 60.7 Å². The van der Waals surface area contributed by atoms with Crippen LogP contribution < -0.4 is 0 Å². The number of unbranched alkanes of at least 4 members (excludes halogenated alkanes) is 1. The van der Waals surface area contributed by atoms with Crippen molar-refractivity contribution in [1.29, 1.82) is 0 Å². The molecule has 0 fully saturated rings. The maximum Gasteiger partial charge on any atom is 0.0840 e. The van der Waals surface area contributed by atoms with Crippen LogP contribution in [-0.4, -0.2) is 27.5 Å². The molecule has 2 rings (SSSR count). The van der Waals surface area contributed by atoms with Crippen LogP contribution in [-0.2, 0) is 12.8 Å². The normalized spacial score (nSPS) is 14.4. The van der Waals surface area contributed by atoms with Crippen molar-refractivity contribution in [3.63, 3.8) is 0 Å². The van der Waals surface area contributed by atoms with Gasteiger partial charge in [-0.1, -0.05) is 107 Å². The van der Waals surface area contributed by atoms with E-state index in [9.17, 15) is 15.3 Å².